The monoisotopic (exact) mass is 788 g/mol. The normalized spacial score (nSPS) is 11.5. The summed E-state index contributed by atoms with van der Waals surface area (Å²) in [6.07, 6.45) is 0. The van der Waals surface area contributed by atoms with Gasteiger partial charge in [-0.1, -0.05) is 194 Å². The summed E-state index contributed by atoms with van der Waals surface area (Å²) in [5, 5.41) is 5.03. The molecule has 0 bridgehead atoms. The molecule has 0 amide bonds. The topological polar surface area (TPSA) is 9.86 Å². The van der Waals surface area contributed by atoms with Crippen molar-refractivity contribution in [3.63, 3.8) is 0 Å². The molecule has 0 aliphatic rings. The Balaban J connectivity index is 0.969. The Kier molecular flexibility index (Phi) is 8.53. The number of benzene rings is 10. The Hall–Kier alpha value is -8.20. The fraction of sp³-hybridized carbons (Fsp3) is 0. The van der Waals surface area contributed by atoms with Gasteiger partial charge in [0.2, 0.25) is 0 Å². The highest BCUT2D eigenvalue weighted by Gasteiger charge is 2.19. The Morgan fingerprint density at radius 3 is 0.903 bits per heavy atom. The maximum absolute atomic E-state index is 2.44. The minimum absolute atomic E-state index is 1.13. The van der Waals surface area contributed by atoms with Gasteiger partial charge in [0.15, 0.2) is 0 Å². The van der Waals surface area contributed by atoms with E-state index in [-0.39, 0.29) is 0 Å². The third-order valence-electron chi connectivity index (χ3n) is 12.6. The Bertz CT molecular complexity index is 3320. The van der Waals surface area contributed by atoms with Crippen molar-refractivity contribution < 1.29 is 0 Å². The van der Waals surface area contributed by atoms with Crippen LogP contribution in [0.2, 0.25) is 0 Å². The Morgan fingerprint density at radius 1 is 0.210 bits per heavy atom. The van der Waals surface area contributed by atoms with Crippen LogP contribution in [-0.4, -0.2) is 9.13 Å². The lowest BCUT2D eigenvalue weighted by Gasteiger charge is -2.12. The zero-order valence-electron chi connectivity index (χ0n) is 34.0. The van der Waals surface area contributed by atoms with E-state index in [1.54, 1.807) is 0 Å². The summed E-state index contributed by atoms with van der Waals surface area (Å²) >= 11 is 0. The average molecular weight is 789 g/mol. The highest BCUT2D eigenvalue weighted by molar-refractivity contribution is 6.17. The van der Waals surface area contributed by atoms with Crippen LogP contribution in [0.25, 0.3) is 111 Å². The molecule has 0 aliphatic heterocycles. The molecule has 2 heterocycles. The van der Waals surface area contributed by atoms with E-state index in [1.165, 1.54) is 99.2 Å². The van der Waals surface area contributed by atoms with Gasteiger partial charge in [-0.15, -0.1) is 0 Å². The molecule has 0 atom stereocenters. The smallest absolute Gasteiger partial charge is 0.0547 e. The summed E-state index contributed by atoms with van der Waals surface area (Å²) in [6.45, 7) is 0. The fourth-order valence-corrected chi connectivity index (χ4v) is 9.63. The first-order valence-corrected chi connectivity index (χ1v) is 21.3. The highest BCUT2D eigenvalue weighted by atomic mass is 15.0. The van der Waals surface area contributed by atoms with Gasteiger partial charge in [-0.3, -0.25) is 0 Å². The molecule has 0 radical (unpaired) electrons. The van der Waals surface area contributed by atoms with Gasteiger partial charge in [-0.05, 0) is 104 Å². The summed E-state index contributed by atoms with van der Waals surface area (Å²) in [6, 6.07) is 88.3. The lowest BCUT2D eigenvalue weighted by Crippen LogP contribution is -1.95. The molecule has 62 heavy (non-hydrogen) atoms. The first-order valence-electron chi connectivity index (χ1n) is 21.3. The zero-order chi connectivity index (χ0) is 41.0. The summed E-state index contributed by atoms with van der Waals surface area (Å²) in [5.41, 5.74) is 19.2. The van der Waals surface area contributed by atoms with Gasteiger partial charge in [0.25, 0.3) is 0 Å². The molecule has 0 saturated heterocycles. The largest absolute Gasteiger partial charge is 0.309 e. The quantitative estimate of drug-likeness (QED) is 0.152. The molecule has 2 nitrogen and oxygen atoms in total. The Morgan fingerprint density at radius 2 is 0.532 bits per heavy atom. The van der Waals surface area contributed by atoms with Crippen LogP contribution in [0.5, 0.6) is 0 Å². The highest BCUT2D eigenvalue weighted by Crippen LogP contribution is 2.42. The van der Waals surface area contributed by atoms with Gasteiger partial charge >= 0.3 is 0 Å². The van der Waals surface area contributed by atoms with E-state index in [2.05, 4.69) is 252 Å². The molecule has 0 N–H and O–H groups in total. The number of hydrogen-bond acceptors (Lipinski definition) is 0. The van der Waals surface area contributed by atoms with Crippen LogP contribution in [0, 0.1) is 0 Å². The Labute approximate surface area is 360 Å². The summed E-state index contributed by atoms with van der Waals surface area (Å²) in [7, 11) is 0. The third-order valence-corrected chi connectivity index (χ3v) is 12.6. The van der Waals surface area contributed by atoms with Crippen LogP contribution in [0.4, 0.5) is 0 Å². The summed E-state index contributed by atoms with van der Waals surface area (Å²) in [5.74, 6) is 0. The summed E-state index contributed by atoms with van der Waals surface area (Å²) < 4.78 is 4.87. The first kappa shape index (κ1) is 35.7. The van der Waals surface area contributed by atoms with Crippen LogP contribution in [-0.2, 0) is 0 Å². The molecule has 12 rings (SSSR count). The molecular weight excluding hydrogens is 749 g/mol. The van der Waals surface area contributed by atoms with Crippen molar-refractivity contribution in [2.24, 2.45) is 0 Å². The lowest BCUT2D eigenvalue weighted by molar-refractivity contribution is 1.18. The van der Waals surface area contributed by atoms with Crippen molar-refractivity contribution in [1.29, 1.82) is 0 Å². The molecule has 0 unspecified atom stereocenters. The van der Waals surface area contributed by atoms with Gasteiger partial charge in [-0.2, -0.15) is 0 Å². The van der Waals surface area contributed by atoms with Crippen LogP contribution in [0.15, 0.2) is 243 Å². The van der Waals surface area contributed by atoms with Gasteiger partial charge in [-0.25, -0.2) is 0 Å². The molecule has 2 heteroatoms. The summed E-state index contributed by atoms with van der Waals surface area (Å²) in [4.78, 5) is 0. The van der Waals surface area contributed by atoms with Crippen LogP contribution < -0.4 is 0 Å². The van der Waals surface area contributed by atoms with Crippen molar-refractivity contribution >= 4 is 43.6 Å². The number of aromatic nitrogens is 2. The standard InChI is InChI=1S/C60H40N2/c1-5-15-41(16-6-1)47-31-37-53-57(39-47)61(55-25-13-23-51(59(53)55)45-19-9-3-10-20-45)49-33-27-43(28-34-49)44-29-35-50(36-30-44)62-56-26-14-24-52(46-21-11-4-12-22-46)60(56)54-38-32-48(40-58(54)62)42-17-7-2-8-18-42/h1-40H. The van der Waals surface area contributed by atoms with Crippen molar-refractivity contribution in [3.05, 3.63) is 243 Å². The van der Waals surface area contributed by atoms with Gasteiger partial charge in [0, 0.05) is 32.9 Å². The molecule has 12 aromatic rings. The minimum Gasteiger partial charge on any atom is -0.309 e. The number of rotatable bonds is 7. The first-order chi connectivity index (χ1) is 30.8. The van der Waals surface area contributed by atoms with E-state index in [0.29, 0.717) is 0 Å². The molecule has 0 aliphatic carbocycles. The van der Waals surface area contributed by atoms with Crippen LogP contribution in [0.1, 0.15) is 0 Å². The zero-order valence-corrected chi connectivity index (χ0v) is 34.0. The van der Waals surface area contributed by atoms with Gasteiger partial charge < -0.3 is 9.13 Å². The van der Waals surface area contributed by atoms with Crippen molar-refractivity contribution in [2.45, 2.75) is 0 Å². The maximum atomic E-state index is 2.44. The second kappa shape index (κ2) is 14.8. The van der Waals surface area contributed by atoms with Crippen LogP contribution in [0.3, 0.4) is 0 Å². The minimum atomic E-state index is 1.13. The van der Waals surface area contributed by atoms with Crippen LogP contribution >= 0.6 is 0 Å². The average Bonchev–Trinajstić information content (AvgIpc) is 3.87. The van der Waals surface area contributed by atoms with E-state index in [1.807, 2.05) is 0 Å². The molecule has 0 fully saturated rings. The molecule has 2 aromatic heterocycles. The number of hydrogen-bond donors (Lipinski definition) is 0. The molecular formula is C60H40N2. The predicted molar refractivity (Wildman–Crippen MR) is 262 cm³/mol. The molecule has 0 spiro atoms. The SMILES string of the molecule is c1ccc(-c2ccc3c4c(-c5ccccc5)cccc4n(-c4ccc(-c5ccc(-n6c7cc(-c8ccccc8)ccc7c7c(-c8ccccc8)cccc76)cc5)cc4)c3c2)cc1. The van der Waals surface area contributed by atoms with E-state index >= 15 is 0 Å². The third kappa shape index (κ3) is 5.96. The van der Waals surface area contributed by atoms with E-state index in [9.17, 15) is 0 Å². The molecule has 0 saturated carbocycles. The second-order valence-electron chi connectivity index (χ2n) is 16.1. The maximum Gasteiger partial charge on any atom is 0.0547 e. The van der Waals surface area contributed by atoms with E-state index in [4.69, 9.17) is 0 Å². The predicted octanol–water partition coefficient (Wildman–Crippen LogP) is 16.2. The molecule has 10 aromatic carbocycles. The van der Waals surface area contributed by atoms with Crippen molar-refractivity contribution in [3.8, 4) is 67.0 Å². The molecule has 290 valence electrons. The van der Waals surface area contributed by atoms with Gasteiger partial charge in [0.1, 0.15) is 0 Å². The van der Waals surface area contributed by atoms with E-state index in [0.717, 1.165) is 11.4 Å². The van der Waals surface area contributed by atoms with E-state index < -0.39 is 0 Å². The van der Waals surface area contributed by atoms with Crippen molar-refractivity contribution in [1.82, 2.24) is 9.13 Å². The number of nitrogens with zero attached hydrogens (tertiary/aromatic N) is 2. The lowest BCUT2D eigenvalue weighted by atomic mass is 9.98. The fourth-order valence-electron chi connectivity index (χ4n) is 9.63. The van der Waals surface area contributed by atoms with Gasteiger partial charge in [0.05, 0.1) is 22.1 Å². The van der Waals surface area contributed by atoms with Crippen molar-refractivity contribution in [2.75, 3.05) is 0 Å². The second-order valence-corrected chi connectivity index (χ2v) is 16.1. The number of fused-ring (bicyclic) bond motifs is 6.